The van der Waals surface area contributed by atoms with Gasteiger partial charge >= 0.3 is 11.5 Å². The van der Waals surface area contributed by atoms with Gasteiger partial charge in [-0.15, -0.1) is 0 Å². The predicted molar refractivity (Wildman–Crippen MR) is 182 cm³/mol. The Hall–Kier alpha value is -2.56. The van der Waals surface area contributed by atoms with Gasteiger partial charge in [-0.2, -0.15) is 85.0 Å². The van der Waals surface area contributed by atoms with Gasteiger partial charge in [0.25, 0.3) is 19.1 Å². The van der Waals surface area contributed by atoms with E-state index in [1.54, 1.807) is 23.8 Å². The molecule has 0 fully saturated rings. The van der Waals surface area contributed by atoms with Crippen molar-refractivity contribution in [1.29, 1.82) is 0 Å². The summed E-state index contributed by atoms with van der Waals surface area (Å²) in [6.07, 6.45) is -2.62. The van der Waals surface area contributed by atoms with E-state index in [9.17, 15) is 44.6 Å². The van der Waals surface area contributed by atoms with Crippen LogP contribution in [0.1, 0.15) is 46.1 Å². The number of anilines is 2. The van der Waals surface area contributed by atoms with E-state index in [0.29, 0.717) is 28.6 Å². The number of alkyl halides is 4. The molecule has 0 spiro atoms. The van der Waals surface area contributed by atoms with Gasteiger partial charge in [-0.3, -0.25) is 0 Å². The number of nitrogens with two attached hydrogens (primary N) is 1. The Morgan fingerprint density at radius 1 is 0.691 bits per heavy atom. The molecule has 55 heavy (non-hydrogen) atoms. The van der Waals surface area contributed by atoms with Crippen LogP contribution in [0.2, 0.25) is 0 Å². The number of hydrogen-bond donors (Lipinski definition) is 4. The zero-order valence-corrected chi connectivity index (χ0v) is 37.7. The number of rotatable bonds is 12. The Bertz CT molecular complexity index is 2040. The van der Waals surface area contributed by atoms with Crippen molar-refractivity contribution in [2.45, 2.75) is 37.6 Å². The van der Waals surface area contributed by atoms with Crippen molar-refractivity contribution in [1.82, 2.24) is 19.9 Å². The largest absolute Gasteiger partial charge is 0.481 e. The minimum atomic E-state index is -4.94. The second-order valence-corrected chi connectivity index (χ2v) is 14.4. The predicted octanol–water partition coefficient (Wildman–Crippen LogP) is 3.69. The third kappa shape index (κ3) is 16.1. The van der Waals surface area contributed by atoms with Gasteiger partial charge in [0.15, 0.2) is 11.6 Å². The molecule has 0 aliphatic carbocycles. The first kappa shape index (κ1) is 52.4. The zero-order valence-electron chi connectivity index (χ0n) is 29.7. The number of halogens is 5. The molecule has 0 bridgehead atoms. The summed E-state index contributed by atoms with van der Waals surface area (Å²) >= 11 is 0. The second-order valence-electron chi connectivity index (χ2n) is 10.1. The molecule has 4 aromatic rings. The molecule has 2 aromatic heterocycles. The van der Waals surface area contributed by atoms with Crippen molar-refractivity contribution in [2.24, 2.45) is 0 Å². The summed E-state index contributed by atoms with van der Waals surface area (Å²) in [7, 11) is 0.198. The number of ether oxygens (including phenoxy) is 4. The molecule has 5 N–H and O–H groups in total. The summed E-state index contributed by atoms with van der Waals surface area (Å²) in [5.41, 5.74) is 7.84. The Morgan fingerprint density at radius 2 is 1.04 bits per heavy atom. The molecule has 0 aliphatic heterocycles. The van der Waals surface area contributed by atoms with Crippen LogP contribution in [0.15, 0.2) is 36.4 Å². The summed E-state index contributed by atoms with van der Waals surface area (Å²) in [6, 6.07) is 14.6. The first-order valence-electron chi connectivity index (χ1n) is 14.3. The van der Waals surface area contributed by atoms with Crippen molar-refractivity contribution >= 4 is 41.1 Å². The van der Waals surface area contributed by atoms with Crippen LogP contribution in [0.4, 0.5) is 28.9 Å². The van der Waals surface area contributed by atoms with Gasteiger partial charge in [-0.25, -0.2) is 16.8 Å². The maximum Gasteiger partial charge on any atom is 0.355 e. The van der Waals surface area contributed by atoms with E-state index in [0.717, 1.165) is 5.56 Å². The summed E-state index contributed by atoms with van der Waals surface area (Å²) < 4.78 is 110. The van der Waals surface area contributed by atoms with Crippen molar-refractivity contribution < 1.29 is 129 Å². The van der Waals surface area contributed by atoms with E-state index in [1.165, 1.54) is 52.7 Å². The van der Waals surface area contributed by atoms with Crippen molar-refractivity contribution in [3.8, 4) is 23.5 Å². The Labute approximate surface area is 369 Å². The Morgan fingerprint density at radius 3 is 1.38 bits per heavy atom. The summed E-state index contributed by atoms with van der Waals surface area (Å²) in [6.45, 7) is 3.55. The van der Waals surface area contributed by atoms with Crippen LogP contribution >= 0.6 is 10.7 Å². The first-order chi connectivity index (χ1) is 24.7. The van der Waals surface area contributed by atoms with E-state index < -0.39 is 42.8 Å². The topological polar surface area (TPSA) is 235 Å². The van der Waals surface area contributed by atoms with Crippen LogP contribution in [0.5, 0.6) is 23.5 Å². The third-order valence-corrected chi connectivity index (χ3v) is 8.05. The minimum absolute atomic E-state index is 0. The SMILES string of the molecule is COc1cc(OC)nc(C(O)c2cc(C)c[c-]c2N)n1.COc1cc(OC)nc(C(O)c2cc(C)c[c-]c2NS(=O)(=O)C(F)F)n1.O=S(=O)(Cl)C(F)F.[Y].[Y]. The zero-order chi connectivity index (χ0) is 40.3. The van der Waals surface area contributed by atoms with Crippen molar-refractivity contribution in [3.05, 3.63) is 82.4 Å². The van der Waals surface area contributed by atoms with Crippen LogP contribution in [-0.4, -0.2) is 86.9 Å². The van der Waals surface area contributed by atoms with E-state index in [2.05, 4.69) is 42.8 Å². The summed E-state index contributed by atoms with van der Waals surface area (Å²) in [5, 5.41) is 21.0. The number of aryl methyl sites for hydroxylation is 2. The number of aromatic nitrogens is 4. The number of sulfonamides is 1. The molecular weight excluding hydrogens is 958 g/mol. The average molecular weight is 991 g/mol. The maximum absolute atomic E-state index is 12.6. The Balaban J connectivity index is 0.000000894. The fourth-order valence-corrected chi connectivity index (χ4v) is 4.32. The normalized spacial score (nSPS) is 12.0. The van der Waals surface area contributed by atoms with Gasteiger partial charge in [-0.1, -0.05) is 36.3 Å². The maximum atomic E-state index is 12.6. The third-order valence-electron chi connectivity index (χ3n) is 6.26. The van der Waals surface area contributed by atoms with E-state index >= 15 is 0 Å². The molecule has 4 rings (SSSR count). The molecule has 298 valence electrons. The van der Waals surface area contributed by atoms with Crippen LogP contribution in [0, 0.1) is 26.0 Å². The molecule has 2 unspecified atom stereocenters. The van der Waals surface area contributed by atoms with Gasteiger partial charge in [0.1, 0.15) is 0 Å². The van der Waals surface area contributed by atoms with E-state index in [-0.39, 0.29) is 100 Å². The van der Waals surface area contributed by atoms with Gasteiger partial charge in [0.05, 0.1) is 52.8 Å². The van der Waals surface area contributed by atoms with E-state index in [4.69, 9.17) is 24.7 Å². The molecule has 2 radical (unpaired) electrons. The minimum Gasteiger partial charge on any atom is -0.481 e. The van der Waals surface area contributed by atoms with Gasteiger partial charge in [0.2, 0.25) is 23.5 Å². The molecular formula is C30H33ClF4N6O10S2Y2-2. The van der Waals surface area contributed by atoms with Gasteiger partial charge in [0, 0.05) is 76.1 Å². The molecule has 2 heterocycles. The molecule has 0 saturated carbocycles. The van der Waals surface area contributed by atoms with Crippen LogP contribution in [0.3, 0.4) is 0 Å². The Kier molecular flexibility index (Phi) is 22.5. The number of nitrogens with one attached hydrogen (secondary N) is 1. The number of nitrogen functional groups attached to an aromatic ring is 1. The average Bonchev–Trinajstić information content (AvgIpc) is 3.12. The van der Waals surface area contributed by atoms with Gasteiger partial charge in [-0.05, 0) is 0 Å². The molecule has 16 nitrogen and oxygen atoms in total. The fraction of sp³-hybridized carbons (Fsp3) is 0.333. The smallest absolute Gasteiger partial charge is 0.355 e. The molecule has 0 amide bonds. The quantitative estimate of drug-likeness (QED) is 0.0686. The number of aliphatic hydroxyl groups is 2. The fourth-order valence-electron chi connectivity index (χ4n) is 3.77. The van der Waals surface area contributed by atoms with Crippen LogP contribution in [0.25, 0.3) is 0 Å². The molecule has 25 heteroatoms. The van der Waals surface area contributed by atoms with Crippen LogP contribution < -0.4 is 29.4 Å². The van der Waals surface area contributed by atoms with Crippen molar-refractivity contribution in [3.63, 3.8) is 0 Å². The van der Waals surface area contributed by atoms with Gasteiger partial charge < -0.3 is 39.6 Å². The number of hydrogen-bond acceptors (Lipinski definition) is 15. The monoisotopic (exact) mass is 990 g/mol. The molecule has 0 saturated heterocycles. The number of benzene rings is 2. The molecule has 2 atom stereocenters. The summed E-state index contributed by atoms with van der Waals surface area (Å²) in [4.78, 5) is 16.2. The number of methoxy groups -OCH3 is 4. The number of nitrogens with zero attached hydrogens (tertiary/aromatic N) is 4. The van der Waals surface area contributed by atoms with E-state index in [1.807, 2.05) is 6.92 Å². The van der Waals surface area contributed by atoms with Crippen molar-refractivity contribution in [2.75, 3.05) is 38.9 Å². The van der Waals surface area contributed by atoms with Crippen LogP contribution in [-0.2, 0) is 84.5 Å². The standard InChI is InChI=1S/C15H16F2N3O5S.C14H16N3O3.CHClF2O2S.2Y/c1-8-4-5-10(20-26(22,23)15(16)17)9(6-8)13(21)14-18-11(24-2)7-12(19-14)25-3;1-8-4-5-10(15)9(6-8)13(18)14-16-11(19-2)7-12(17-14)20-3;2-7(5,6)1(3)4;;/h4,6-7,13,15,20-21H,1-3H3;4,6-7,13,18H,15H2,1-3H3;1H;;/q2*-1;;;. The summed E-state index contributed by atoms with van der Waals surface area (Å²) in [5.74, 6) is -6.31. The molecule has 0 aliphatic rings. The first-order valence-corrected chi connectivity index (χ1v) is 18.2. The number of aliphatic hydroxyl groups excluding tert-OH is 2. The second kappa shape index (κ2) is 23.6. The molecule has 2 aromatic carbocycles.